The minimum absolute atomic E-state index is 0.0839. The monoisotopic (exact) mass is 495 g/mol. The van der Waals surface area contributed by atoms with Crippen LogP contribution in [0.15, 0.2) is 59.8 Å². The van der Waals surface area contributed by atoms with Gasteiger partial charge in [-0.1, -0.05) is 19.1 Å². The molecule has 0 saturated carbocycles. The second-order valence-electron chi connectivity index (χ2n) is 8.08. The molecule has 6 nitrogen and oxygen atoms in total. The average molecular weight is 495 g/mol. The topological polar surface area (TPSA) is 81.2 Å². The third-order valence-corrected chi connectivity index (χ3v) is 7.23. The molecular formula is C23H21F4N3O3S. The Morgan fingerprint density at radius 3 is 2.47 bits per heavy atom. The lowest BCUT2D eigenvalue weighted by molar-refractivity contribution is -0.137. The van der Waals surface area contributed by atoms with Crippen molar-refractivity contribution in [3.05, 3.63) is 77.1 Å². The lowest BCUT2D eigenvalue weighted by atomic mass is 9.70. The third kappa shape index (κ3) is 4.56. The molecule has 1 N–H and O–H groups in total. The van der Waals surface area contributed by atoms with Gasteiger partial charge in [0.25, 0.3) is 10.0 Å². The molecule has 1 aliphatic rings. The number of rotatable bonds is 6. The predicted octanol–water partition coefficient (Wildman–Crippen LogP) is 4.90. The van der Waals surface area contributed by atoms with Gasteiger partial charge in [0.2, 0.25) is 5.95 Å². The van der Waals surface area contributed by atoms with Crippen molar-refractivity contribution < 1.29 is 30.7 Å². The molecule has 1 aromatic heterocycles. The molecule has 3 aromatic rings. The maximum absolute atomic E-state index is 13.2. The van der Waals surface area contributed by atoms with E-state index < -0.39 is 33.9 Å². The number of ether oxygens (including phenoxy) is 1. The lowest BCUT2D eigenvalue weighted by Gasteiger charge is -2.38. The van der Waals surface area contributed by atoms with Gasteiger partial charge in [0, 0.05) is 35.9 Å². The van der Waals surface area contributed by atoms with Gasteiger partial charge in [0.05, 0.1) is 23.7 Å². The molecule has 0 bridgehead atoms. The largest absolute Gasteiger partial charge is 0.493 e. The summed E-state index contributed by atoms with van der Waals surface area (Å²) in [5.41, 5.74) is -0.235. The van der Waals surface area contributed by atoms with Crippen LogP contribution in [-0.2, 0) is 28.0 Å². The summed E-state index contributed by atoms with van der Waals surface area (Å²) in [7, 11) is -4.02. The minimum atomic E-state index is -4.54. The van der Waals surface area contributed by atoms with Crippen molar-refractivity contribution in [3.63, 3.8) is 0 Å². The molecule has 0 aliphatic carbocycles. The molecule has 0 unspecified atom stereocenters. The van der Waals surface area contributed by atoms with Crippen LogP contribution < -0.4 is 9.46 Å². The molecule has 0 spiro atoms. The molecule has 0 saturated heterocycles. The fraction of sp³-hybridized carbons (Fsp3) is 0.304. The van der Waals surface area contributed by atoms with Crippen molar-refractivity contribution in [1.82, 2.24) is 9.97 Å². The van der Waals surface area contributed by atoms with Crippen LogP contribution in [0.25, 0.3) is 0 Å². The molecule has 0 radical (unpaired) electrons. The smallest absolute Gasteiger partial charge is 0.416 e. The van der Waals surface area contributed by atoms with Gasteiger partial charge in [-0.15, -0.1) is 0 Å². The van der Waals surface area contributed by atoms with E-state index in [9.17, 15) is 26.0 Å². The number of sulfonamides is 1. The Labute approximate surface area is 194 Å². The Hall–Kier alpha value is -3.21. The molecular weight excluding hydrogens is 474 g/mol. The van der Waals surface area contributed by atoms with E-state index in [0.717, 1.165) is 12.1 Å². The second kappa shape index (κ2) is 8.86. The fourth-order valence-electron chi connectivity index (χ4n) is 4.17. The Morgan fingerprint density at radius 1 is 1.09 bits per heavy atom. The number of hydrogen-bond acceptors (Lipinski definition) is 5. The van der Waals surface area contributed by atoms with Gasteiger partial charge in [0.15, 0.2) is 0 Å². The first-order chi connectivity index (χ1) is 16.0. The number of aryl methyl sites for hydroxylation is 1. The number of benzene rings is 2. The van der Waals surface area contributed by atoms with Gasteiger partial charge in [-0.2, -0.15) is 13.2 Å². The summed E-state index contributed by atoms with van der Waals surface area (Å²) >= 11 is 0. The normalized spacial score (nSPS) is 18.1. The van der Waals surface area contributed by atoms with Gasteiger partial charge in [-0.3, -0.25) is 4.39 Å². The Bertz CT molecular complexity index is 1300. The number of halogens is 4. The van der Waals surface area contributed by atoms with E-state index in [2.05, 4.69) is 14.7 Å². The summed E-state index contributed by atoms with van der Waals surface area (Å²) in [5.74, 6) is 0.197. The maximum Gasteiger partial charge on any atom is 0.416 e. The first-order valence-electron chi connectivity index (χ1n) is 10.4. The molecule has 0 fully saturated rings. The molecule has 0 amide bonds. The van der Waals surface area contributed by atoms with E-state index in [1.807, 2.05) is 6.92 Å². The number of hydrogen-bond donors (Lipinski definition) is 1. The van der Waals surface area contributed by atoms with Gasteiger partial charge in [-0.05, 0) is 41.8 Å². The molecule has 4 rings (SSSR count). The first kappa shape index (κ1) is 23.9. The van der Waals surface area contributed by atoms with E-state index in [-0.39, 0.29) is 35.2 Å². The van der Waals surface area contributed by atoms with Gasteiger partial charge < -0.3 is 4.74 Å². The number of alkyl halides is 4. The lowest BCUT2D eigenvalue weighted by Crippen LogP contribution is -2.32. The molecule has 180 valence electrons. The summed E-state index contributed by atoms with van der Waals surface area (Å²) in [6.45, 7) is 1.24. The standard InChI is InChI=1S/C23H21F4N3O3S/c1-22(18-5-3-16(23(25,26)27)13-15(18)7-9-24)8-12-33-20-14-17(4-6-19(20)22)34(31,32)30-21-28-10-2-11-29-21/h2-6,10-11,13-14H,7-9,12H2,1H3,(H,28,29,30)/t22-/m0/s1. The van der Waals surface area contributed by atoms with Crippen LogP contribution in [0.4, 0.5) is 23.5 Å². The highest BCUT2D eigenvalue weighted by Gasteiger charge is 2.39. The number of nitrogens with one attached hydrogen (secondary N) is 1. The highest BCUT2D eigenvalue weighted by atomic mass is 32.2. The second-order valence-corrected chi connectivity index (χ2v) is 9.76. The zero-order chi connectivity index (χ0) is 24.6. The van der Waals surface area contributed by atoms with Crippen LogP contribution in [0.1, 0.15) is 35.6 Å². The summed E-state index contributed by atoms with van der Waals surface area (Å²) in [6, 6.07) is 9.21. The van der Waals surface area contributed by atoms with E-state index in [4.69, 9.17) is 4.74 Å². The van der Waals surface area contributed by atoms with E-state index in [1.54, 1.807) is 12.1 Å². The maximum atomic E-state index is 13.2. The quantitative estimate of drug-likeness (QED) is 0.492. The Morgan fingerprint density at radius 2 is 1.79 bits per heavy atom. The number of nitrogens with zero attached hydrogens (tertiary/aromatic N) is 2. The van der Waals surface area contributed by atoms with Crippen LogP contribution in [0, 0.1) is 0 Å². The minimum Gasteiger partial charge on any atom is -0.493 e. The van der Waals surface area contributed by atoms with Crippen LogP contribution in [0.5, 0.6) is 5.75 Å². The summed E-state index contributed by atoms with van der Waals surface area (Å²) in [4.78, 5) is 7.61. The Balaban J connectivity index is 1.75. The van der Waals surface area contributed by atoms with Gasteiger partial charge >= 0.3 is 6.18 Å². The van der Waals surface area contributed by atoms with E-state index in [0.29, 0.717) is 17.5 Å². The van der Waals surface area contributed by atoms with Crippen molar-refractivity contribution in [3.8, 4) is 5.75 Å². The van der Waals surface area contributed by atoms with Crippen molar-refractivity contribution in [2.45, 2.75) is 36.3 Å². The summed E-state index contributed by atoms with van der Waals surface area (Å²) in [6.07, 6.45) is -1.50. The molecule has 2 heterocycles. The van der Waals surface area contributed by atoms with Gasteiger partial charge in [0.1, 0.15) is 5.75 Å². The van der Waals surface area contributed by atoms with Crippen LogP contribution in [0.3, 0.4) is 0 Å². The molecule has 1 aliphatic heterocycles. The van der Waals surface area contributed by atoms with Crippen molar-refractivity contribution in [2.24, 2.45) is 0 Å². The SMILES string of the molecule is C[C@@]1(c2ccc(C(F)(F)F)cc2CCF)CCOc2cc(S(=O)(=O)Nc3ncccn3)ccc21. The first-order valence-corrected chi connectivity index (χ1v) is 11.9. The van der Waals surface area contributed by atoms with Crippen LogP contribution >= 0.6 is 0 Å². The predicted molar refractivity (Wildman–Crippen MR) is 117 cm³/mol. The van der Waals surface area contributed by atoms with E-state index >= 15 is 0 Å². The van der Waals surface area contributed by atoms with Gasteiger partial charge in [-0.25, -0.2) is 23.1 Å². The number of fused-ring (bicyclic) bond motifs is 1. The summed E-state index contributed by atoms with van der Waals surface area (Å²) < 4.78 is 86.6. The van der Waals surface area contributed by atoms with E-state index in [1.165, 1.54) is 30.6 Å². The average Bonchev–Trinajstić information content (AvgIpc) is 2.79. The van der Waals surface area contributed by atoms with Crippen molar-refractivity contribution >= 4 is 16.0 Å². The molecule has 11 heteroatoms. The molecule has 1 atom stereocenters. The number of aromatic nitrogens is 2. The molecule has 34 heavy (non-hydrogen) atoms. The number of anilines is 1. The highest BCUT2D eigenvalue weighted by molar-refractivity contribution is 7.92. The fourth-order valence-corrected chi connectivity index (χ4v) is 5.15. The molecule has 2 aromatic carbocycles. The summed E-state index contributed by atoms with van der Waals surface area (Å²) in [5, 5.41) is 0. The van der Waals surface area contributed by atoms with Crippen molar-refractivity contribution in [2.75, 3.05) is 18.0 Å². The Kier molecular flexibility index (Phi) is 6.24. The van der Waals surface area contributed by atoms with Crippen molar-refractivity contribution in [1.29, 1.82) is 0 Å². The van der Waals surface area contributed by atoms with Crippen LogP contribution in [-0.4, -0.2) is 31.7 Å². The van der Waals surface area contributed by atoms with Crippen LogP contribution in [0.2, 0.25) is 0 Å². The zero-order valence-corrected chi connectivity index (χ0v) is 18.9. The third-order valence-electron chi connectivity index (χ3n) is 5.90. The zero-order valence-electron chi connectivity index (χ0n) is 18.1. The highest BCUT2D eigenvalue weighted by Crippen LogP contribution is 2.46.